The van der Waals surface area contributed by atoms with Gasteiger partial charge < -0.3 is 19.5 Å². The van der Waals surface area contributed by atoms with Crippen LogP contribution < -0.4 is 19.7 Å². The van der Waals surface area contributed by atoms with Gasteiger partial charge in [0, 0.05) is 32.1 Å². The first-order valence-electron chi connectivity index (χ1n) is 9.40. The topological polar surface area (TPSA) is 77.1 Å². The lowest BCUT2D eigenvalue weighted by Crippen LogP contribution is -2.33. The third-order valence-electron chi connectivity index (χ3n) is 4.31. The Morgan fingerprint density at radius 3 is 2.52 bits per heavy atom. The zero-order valence-corrected chi connectivity index (χ0v) is 18.3. The molecule has 29 heavy (non-hydrogen) atoms. The number of hydrogen-bond acceptors (Lipinski definition) is 6. The normalized spacial score (nSPS) is 17.7. The van der Waals surface area contributed by atoms with E-state index in [2.05, 4.69) is 5.32 Å². The van der Waals surface area contributed by atoms with Crippen LogP contribution in [0.5, 0.6) is 11.5 Å². The molecule has 0 spiro atoms. The van der Waals surface area contributed by atoms with Crippen LogP contribution in [0.4, 0.5) is 15.5 Å². The highest BCUT2D eigenvalue weighted by Gasteiger charge is 2.35. The Morgan fingerprint density at radius 2 is 1.86 bits per heavy atom. The Balaban J connectivity index is 1.67. The van der Waals surface area contributed by atoms with Crippen LogP contribution in [0.3, 0.4) is 0 Å². The lowest BCUT2D eigenvalue weighted by atomic mass is 10.2. The highest BCUT2D eigenvalue weighted by Crippen LogP contribution is 2.42. The van der Waals surface area contributed by atoms with Crippen LogP contribution in [-0.4, -0.2) is 30.4 Å². The molecule has 0 saturated heterocycles. The van der Waals surface area contributed by atoms with Crippen LogP contribution >= 0.6 is 11.3 Å². The van der Waals surface area contributed by atoms with Crippen molar-refractivity contribution in [2.75, 3.05) is 17.3 Å². The summed E-state index contributed by atoms with van der Waals surface area (Å²) in [5, 5.41) is 3.47. The fourth-order valence-electron chi connectivity index (χ4n) is 2.62. The van der Waals surface area contributed by atoms with Crippen molar-refractivity contribution >= 4 is 34.0 Å². The number of carbonyl (C=O) groups excluding carboxylic acids is 2. The van der Waals surface area contributed by atoms with E-state index in [9.17, 15) is 9.59 Å². The van der Waals surface area contributed by atoms with E-state index in [-0.39, 0.29) is 5.91 Å². The maximum absolute atomic E-state index is 12.6. The standard InChI is InChI=1S/C21H26N2O5S/c1-7-21(5)26-14-9-8-13(12-15(14)27-21)22-18(24)16-10-11-17(29-16)23(6)19(25)28-20(2,3)4/h8-12H,7H2,1-6H3,(H,22,24)/t21-/m1/s1. The van der Waals surface area contributed by atoms with Gasteiger partial charge in [0.2, 0.25) is 5.79 Å². The van der Waals surface area contributed by atoms with E-state index in [1.165, 1.54) is 16.2 Å². The summed E-state index contributed by atoms with van der Waals surface area (Å²) in [6.45, 7) is 9.28. The fraction of sp³-hybridized carbons (Fsp3) is 0.429. The van der Waals surface area contributed by atoms with E-state index in [1.54, 1.807) is 58.2 Å². The summed E-state index contributed by atoms with van der Waals surface area (Å²) >= 11 is 1.21. The first kappa shape index (κ1) is 21.0. The third-order valence-corrected chi connectivity index (χ3v) is 5.47. The molecule has 8 heteroatoms. The lowest BCUT2D eigenvalue weighted by molar-refractivity contribution is -0.0640. The number of nitrogens with zero attached hydrogens (tertiary/aromatic N) is 1. The number of nitrogens with one attached hydrogen (secondary N) is 1. The van der Waals surface area contributed by atoms with Crippen molar-refractivity contribution in [3.63, 3.8) is 0 Å². The maximum atomic E-state index is 12.6. The first-order chi connectivity index (χ1) is 13.5. The number of fused-ring (bicyclic) bond motifs is 1. The van der Waals surface area contributed by atoms with E-state index < -0.39 is 17.5 Å². The van der Waals surface area contributed by atoms with Crippen molar-refractivity contribution < 1.29 is 23.8 Å². The fourth-order valence-corrected chi connectivity index (χ4v) is 3.48. The molecule has 1 N–H and O–H groups in total. The van der Waals surface area contributed by atoms with Crippen molar-refractivity contribution in [3.8, 4) is 11.5 Å². The monoisotopic (exact) mass is 418 g/mol. The van der Waals surface area contributed by atoms with Gasteiger partial charge in [-0.3, -0.25) is 9.69 Å². The molecule has 0 unspecified atom stereocenters. The second-order valence-electron chi connectivity index (χ2n) is 7.98. The number of thiophene rings is 1. The van der Waals surface area contributed by atoms with Gasteiger partial charge in [-0.2, -0.15) is 0 Å². The molecule has 7 nitrogen and oxygen atoms in total. The molecule has 1 aromatic carbocycles. The van der Waals surface area contributed by atoms with Crippen molar-refractivity contribution in [2.24, 2.45) is 0 Å². The van der Waals surface area contributed by atoms with Crippen LogP contribution in [-0.2, 0) is 4.74 Å². The zero-order chi connectivity index (χ0) is 21.4. The number of benzene rings is 1. The summed E-state index contributed by atoms with van der Waals surface area (Å²) in [6.07, 6.45) is 0.230. The summed E-state index contributed by atoms with van der Waals surface area (Å²) in [4.78, 5) is 26.7. The lowest BCUT2D eigenvalue weighted by Gasteiger charge is -2.23. The van der Waals surface area contributed by atoms with E-state index in [0.717, 1.165) is 0 Å². The minimum Gasteiger partial charge on any atom is -0.449 e. The van der Waals surface area contributed by atoms with E-state index >= 15 is 0 Å². The highest BCUT2D eigenvalue weighted by molar-refractivity contribution is 7.18. The molecule has 0 saturated carbocycles. The van der Waals surface area contributed by atoms with Crippen LogP contribution in [0.1, 0.15) is 50.7 Å². The predicted molar refractivity (Wildman–Crippen MR) is 113 cm³/mol. The summed E-state index contributed by atoms with van der Waals surface area (Å²) in [5.41, 5.74) is 0.0175. The molecular weight excluding hydrogens is 392 g/mol. The number of ether oxygens (including phenoxy) is 3. The van der Waals surface area contributed by atoms with Gasteiger partial charge in [0.15, 0.2) is 11.5 Å². The van der Waals surface area contributed by atoms with Crippen molar-refractivity contribution in [2.45, 2.75) is 52.4 Å². The first-order valence-corrected chi connectivity index (χ1v) is 10.2. The molecule has 2 amide bonds. The minimum atomic E-state index is -0.681. The van der Waals surface area contributed by atoms with Gasteiger partial charge in [-0.1, -0.05) is 6.92 Å². The van der Waals surface area contributed by atoms with E-state index in [0.29, 0.717) is 33.5 Å². The van der Waals surface area contributed by atoms with Crippen LogP contribution in [0, 0.1) is 0 Å². The Kier molecular flexibility index (Phi) is 5.49. The molecule has 2 heterocycles. The highest BCUT2D eigenvalue weighted by atomic mass is 32.1. The van der Waals surface area contributed by atoms with E-state index in [1.807, 2.05) is 13.8 Å². The Bertz CT molecular complexity index is 933. The third kappa shape index (κ3) is 4.82. The molecule has 0 fully saturated rings. The molecular formula is C21H26N2O5S. The number of carbonyl (C=O) groups is 2. The molecule has 1 aliphatic heterocycles. The number of rotatable bonds is 4. The van der Waals surface area contributed by atoms with Crippen LogP contribution in [0.15, 0.2) is 30.3 Å². The molecule has 0 radical (unpaired) electrons. The van der Waals surface area contributed by atoms with Gasteiger partial charge in [-0.25, -0.2) is 4.79 Å². The van der Waals surface area contributed by atoms with Gasteiger partial charge >= 0.3 is 6.09 Å². The number of amides is 2. The van der Waals surface area contributed by atoms with Gasteiger partial charge in [0.25, 0.3) is 5.91 Å². The van der Waals surface area contributed by atoms with Crippen molar-refractivity contribution in [1.82, 2.24) is 0 Å². The Labute approximate surface area is 174 Å². The average molecular weight is 419 g/mol. The molecule has 1 aromatic heterocycles. The Morgan fingerprint density at radius 1 is 1.17 bits per heavy atom. The Hall–Kier alpha value is -2.74. The smallest absolute Gasteiger partial charge is 0.415 e. The van der Waals surface area contributed by atoms with Gasteiger partial charge in [0.1, 0.15) is 10.6 Å². The average Bonchev–Trinajstić information content (AvgIpc) is 3.24. The summed E-state index contributed by atoms with van der Waals surface area (Å²) < 4.78 is 17.0. The van der Waals surface area contributed by atoms with Gasteiger partial charge in [-0.15, -0.1) is 11.3 Å². The maximum Gasteiger partial charge on any atom is 0.415 e. The summed E-state index contributed by atoms with van der Waals surface area (Å²) in [6, 6.07) is 8.69. The zero-order valence-electron chi connectivity index (χ0n) is 17.5. The largest absolute Gasteiger partial charge is 0.449 e. The molecule has 156 valence electrons. The number of hydrogen-bond donors (Lipinski definition) is 1. The summed E-state index contributed by atoms with van der Waals surface area (Å²) in [5.74, 6) is 0.309. The molecule has 1 atom stereocenters. The van der Waals surface area contributed by atoms with E-state index in [4.69, 9.17) is 14.2 Å². The number of anilines is 2. The minimum absolute atomic E-state index is 0.268. The quantitative estimate of drug-likeness (QED) is 0.732. The second-order valence-corrected chi connectivity index (χ2v) is 9.05. The van der Waals surface area contributed by atoms with Crippen molar-refractivity contribution in [3.05, 3.63) is 35.2 Å². The molecule has 0 aliphatic carbocycles. The predicted octanol–water partition coefficient (Wildman–Crippen LogP) is 5.27. The molecule has 3 rings (SSSR count). The molecule has 2 aromatic rings. The van der Waals surface area contributed by atoms with Gasteiger partial charge in [0.05, 0.1) is 4.88 Å². The SMILES string of the molecule is CC[C@]1(C)Oc2ccc(NC(=O)c3ccc(N(C)C(=O)OC(C)(C)C)s3)cc2O1. The van der Waals surface area contributed by atoms with Crippen LogP contribution in [0.25, 0.3) is 0 Å². The summed E-state index contributed by atoms with van der Waals surface area (Å²) in [7, 11) is 1.62. The van der Waals surface area contributed by atoms with Crippen LogP contribution in [0.2, 0.25) is 0 Å². The molecule has 0 bridgehead atoms. The van der Waals surface area contributed by atoms with Gasteiger partial charge in [-0.05, 0) is 45.0 Å². The molecule has 1 aliphatic rings. The second kappa shape index (κ2) is 7.59. The van der Waals surface area contributed by atoms with Crippen molar-refractivity contribution in [1.29, 1.82) is 0 Å².